The highest BCUT2D eigenvalue weighted by Gasteiger charge is 2.63. The minimum absolute atomic E-state index is 0.00842. The first-order valence-corrected chi connectivity index (χ1v) is 25.1. The number of benzene rings is 5. The summed E-state index contributed by atoms with van der Waals surface area (Å²) < 4.78 is 0. The highest BCUT2D eigenvalue weighted by Crippen LogP contribution is 2.65. The van der Waals surface area contributed by atoms with Crippen LogP contribution < -0.4 is 31.1 Å². The Balaban J connectivity index is 1.29. The van der Waals surface area contributed by atoms with E-state index in [-0.39, 0.29) is 44.9 Å². The van der Waals surface area contributed by atoms with E-state index in [1.165, 1.54) is 135 Å². The molecular formula is C60H74BN3. The Labute approximate surface area is 387 Å². The normalized spacial score (nSPS) is 26.6. The lowest BCUT2D eigenvalue weighted by Crippen LogP contribution is -2.64. The van der Waals surface area contributed by atoms with Crippen molar-refractivity contribution in [2.24, 2.45) is 0 Å². The summed E-state index contributed by atoms with van der Waals surface area (Å²) >= 11 is 0. The van der Waals surface area contributed by atoms with Crippen molar-refractivity contribution in [3.8, 4) is 0 Å². The molecule has 64 heavy (non-hydrogen) atoms. The van der Waals surface area contributed by atoms with E-state index >= 15 is 0 Å². The summed E-state index contributed by atoms with van der Waals surface area (Å²) in [6, 6.07) is 32.9. The molecule has 0 radical (unpaired) electrons. The highest BCUT2D eigenvalue weighted by atomic mass is 15.3. The predicted octanol–water partition coefficient (Wildman–Crippen LogP) is 14.3. The standard InChI is InChI=1S/C60H74BN3/c1-37-30-38(2)51-48(31-37)63(60(15)29-19-17-27-58(51,60)13)43-35-49-52-50(36-43)64-53-44(57(12)26-16-18-28-59(57,64)14)32-41(56(9,10)11)34-46(53)61(52)45-33-40(55(6,7)8)22-25-47(45)62(49)42-23-20-39(21-24-42)54(3,4)5/h20-25,30-36H,16-19,26-29H2,1-15H3. The van der Waals surface area contributed by atoms with Crippen LogP contribution in [0.15, 0.2) is 78.9 Å². The van der Waals surface area contributed by atoms with Gasteiger partial charge in [0.25, 0.3) is 6.71 Å². The van der Waals surface area contributed by atoms with E-state index in [0.717, 1.165) is 0 Å². The van der Waals surface area contributed by atoms with Gasteiger partial charge in [-0.25, -0.2) is 0 Å². The fourth-order valence-electron chi connectivity index (χ4n) is 14.5. The van der Waals surface area contributed by atoms with Crippen molar-refractivity contribution >= 4 is 62.9 Å². The van der Waals surface area contributed by atoms with Crippen molar-refractivity contribution in [2.45, 2.75) is 193 Å². The van der Waals surface area contributed by atoms with Crippen molar-refractivity contribution < 1.29 is 0 Å². The number of rotatable bonds is 2. The predicted molar refractivity (Wildman–Crippen MR) is 277 cm³/mol. The number of anilines is 7. The van der Waals surface area contributed by atoms with Crippen LogP contribution in [-0.2, 0) is 27.1 Å². The molecule has 332 valence electrons. The van der Waals surface area contributed by atoms with Crippen molar-refractivity contribution in [2.75, 3.05) is 14.7 Å². The first kappa shape index (κ1) is 42.2. The Morgan fingerprint density at radius 3 is 1.69 bits per heavy atom. The Morgan fingerprint density at radius 2 is 1.05 bits per heavy atom. The van der Waals surface area contributed by atoms with E-state index in [4.69, 9.17) is 0 Å². The summed E-state index contributed by atoms with van der Waals surface area (Å²) in [5, 5.41) is 0. The molecule has 0 amide bonds. The third-order valence-corrected chi connectivity index (χ3v) is 18.5. The number of nitrogens with zero attached hydrogens (tertiary/aromatic N) is 3. The zero-order valence-corrected chi connectivity index (χ0v) is 42.1. The van der Waals surface area contributed by atoms with Gasteiger partial charge in [-0.3, -0.25) is 0 Å². The molecule has 2 fully saturated rings. The Bertz CT molecular complexity index is 2790. The van der Waals surface area contributed by atoms with E-state index in [1.54, 1.807) is 11.1 Å². The molecule has 2 saturated carbocycles. The monoisotopic (exact) mass is 848 g/mol. The minimum Gasteiger partial charge on any atom is -0.335 e. The second-order valence-corrected chi connectivity index (χ2v) is 25.5. The molecule has 4 heteroatoms. The van der Waals surface area contributed by atoms with Crippen LogP contribution in [0.2, 0.25) is 0 Å². The molecule has 11 rings (SSSR count). The van der Waals surface area contributed by atoms with Crippen molar-refractivity contribution in [3.63, 3.8) is 0 Å². The Morgan fingerprint density at radius 1 is 0.484 bits per heavy atom. The summed E-state index contributed by atoms with van der Waals surface area (Å²) in [6.07, 6.45) is 9.92. The van der Waals surface area contributed by atoms with Gasteiger partial charge in [-0.2, -0.15) is 0 Å². The molecule has 3 nitrogen and oxygen atoms in total. The molecule has 4 unspecified atom stereocenters. The third-order valence-electron chi connectivity index (χ3n) is 18.5. The van der Waals surface area contributed by atoms with Gasteiger partial charge in [0, 0.05) is 50.6 Å². The molecule has 6 aliphatic rings. The number of hydrogen-bond acceptors (Lipinski definition) is 3. The van der Waals surface area contributed by atoms with E-state index in [0.29, 0.717) is 0 Å². The lowest BCUT2D eigenvalue weighted by atomic mass is 9.33. The molecule has 4 atom stereocenters. The van der Waals surface area contributed by atoms with Crippen LogP contribution in [0.5, 0.6) is 0 Å². The molecule has 0 saturated heterocycles. The van der Waals surface area contributed by atoms with Gasteiger partial charge >= 0.3 is 0 Å². The van der Waals surface area contributed by atoms with Gasteiger partial charge in [0.05, 0.1) is 11.1 Å². The second kappa shape index (κ2) is 13.1. The third kappa shape index (κ3) is 5.41. The zero-order chi connectivity index (χ0) is 45.5. The largest absolute Gasteiger partial charge is 0.335 e. The topological polar surface area (TPSA) is 9.72 Å². The van der Waals surface area contributed by atoms with E-state index in [1.807, 2.05) is 0 Å². The van der Waals surface area contributed by atoms with Gasteiger partial charge in [-0.1, -0.05) is 144 Å². The zero-order valence-electron chi connectivity index (χ0n) is 42.1. The lowest BCUT2D eigenvalue weighted by molar-refractivity contribution is 0.193. The lowest BCUT2D eigenvalue weighted by Gasteiger charge is -2.54. The molecular weight excluding hydrogens is 773 g/mol. The summed E-state index contributed by atoms with van der Waals surface area (Å²) in [4.78, 5) is 8.53. The van der Waals surface area contributed by atoms with Gasteiger partial charge < -0.3 is 14.7 Å². The molecule has 4 heterocycles. The van der Waals surface area contributed by atoms with Crippen molar-refractivity contribution in [3.05, 3.63) is 118 Å². The number of aryl methyl sites for hydroxylation is 2. The van der Waals surface area contributed by atoms with Crippen LogP contribution in [0.4, 0.5) is 39.8 Å². The number of hydrogen-bond donors (Lipinski definition) is 0. The van der Waals surface area contributed by atoms with Gasteiger partial charge in [-0.05, 0) is 161 Å². The van der Waals surface area contributed by atoms with Crippen molar-refractivity contribution in [1.82, 2.24) is 0 Å². The molecule has 5 aromatic carbocycles. The van der Waals surface area contributed by atoms with Crippen LogP contribution >= 0.6 is 0 Å². The van der Waals surface area contributed by atoms with Crippen LogP contribution in [0.1, 0.15) is 180 Å². The summed E-state index contributed by atoms with van der Waals surface area (Å²) in [6.45, 7) is 36.8. The van der Waals surface area contributed by atoms with Gasteiger partial charge in [0.1, 0.15) is 0 Å². The van der Waals surface area contributed by atoms with Gasteiger partial charge in [-0.15, -0.1) is 0 Å². The molecule has 0 aromatic heterocycles. The van der Waals surface area contributed by atoms with Crippen LogP contribution in [0.25, 0.3) is 0 Å². The van der Waals surface area contributed by atoms with Crippen LogP contribution in [-0.4, -0.2) is 17.8 Å². The number of fused-ring (bicyclic) bond motifs is 10. The van der Waals surface area contributed by atoms with E-state index in [2.05, 4.69) is 197 Å². The Hall–Kier alpha value is -4.44. The second-order valence-electron chi connectivity index (χ2n) is 25.5. The minimum atomic E-state index is -0.0672. The van der Waals surface area contributed by atoms with Crippen LogP contribution in [0.3, 0.4) is 0 Å². The highest BCUT2D eigenvalue weighted by molar-refractivity contribution is 7.00. The molecule has 0 spiro atoms. The quantitative estimate of drug-likeness (QED) is 0.161. The summed E-state index contributed by atoms with van der Waals surface area (Å²) in [7, 11) is 0. The maximum absolute atomic E-state index is 2.96. The van der Waals surface area contributed by atoms with Gasteiger partial charge in [0.2, 0.25) is 0 Å². The average Bonchev–Trinajstić information content (AvgIpc) is 3.56. The summed E-state index contributed by atoms with van der Waals surface area (Å²) in [5.41, 5.74) is 24.3. The SMILES string of the molecule is Cc1cc(C)c2c(c1)N(c1cc3c4c(c1)N1c5c(cc(C(C)(C)C)cc5C5(C)CCCCC15C)B4c1cc(C(C)(C)C)ccc1N3c1ccc(C(C)(C)C)cc1)C1(C)CCCCC21C. The fraction of sp³-hybridized carbons (Fsp3) is 0.500. The molecule has 5 aromatic rings. The fourth-order valence-corrected chi connectivity index (χ4v) is 14.5. The average molecular weight is 848 g/mol. The van der Waals surface area contributed by atoms with E-state index in [9.17, 15) is 0 Å². The first-order valence-electron chi connectivity index (χ1n) is 25.1. The van der Waals surface area contributed by atoms with Gasteiger partial charge in [0.15, 0.2) is 0 Å². The molecule has 4 aliphatic heterocycles. The first-order chi connectivity index (χ1) is 29.9. The smallest absolute Gasteiger partial charge is 0.252 e. The molecule has 2 aliphatic carbocycles. The molecule has 0 N–H and O–H groups in total. The van der Waals surface area contributed by atoms with E-state index < -0.39 is 0 Å². The van der Waals surface area contributed by atoms with Crippen molar-refractivity contribution in [1.29, 1.82) is 0 Å². The Kier molecular flexibility index (Phi) is 8.66. The molecule has 0 bridgehead atoms. The maximum Gasteiger partial charge on any atom is 0.252 e. The summed E-state index contributed by atoms with van der Waals surface area (Å²) in [5.74, 6) is 0. The van der Waals surface area contributed by atoms with Crippen LogP contribution in [0, 0.1) is 13.8 Å². The maximum atomic E-state index is 2.96.